The molecule has 0 atom stereocenters. The summed E-state index contributed by atoms with van der Waals surface area (Å²) in [6, 6.07) is 62.2. The van der Waals surface area contributed by atoms with Crippen molar-refractivity contribution >= 4 is 87.1 Å². The second kappa shape index (κ2) is 9.81. The average molecular weight is 673 g/mol. The van der Waals surface area contributed by atoms with Gasteiger partial charge in [0.05, 0.1) is 38.8 Å². The minimum atomic E-state index is 0.907. The first-order valence-electron chi connectivity index (χ1n) is 18.3. The maximum absolute atomic E-state index is 6.82. The van der Waals surface area contributed by atoms with Gasteiger partial charge in [-0.05, 0) is 69.4 Å². The molecule has 0 spiro atoms. The molecular formula is C50H28N2O. The molecule has 0 amide bonds. The van der Waals surface area contributed by atoms with Gasteiger partial charge in [0.15, 0.2) is 0 Å². The monoisotopic (exact) mass is 672 g/mol. The van der Waals surface area contributed by atoms with E-state index in [1.807, 2.05) is 0 Å². The standard InChI is InChI=1S/C50H28N2O/c1-2-13-30-29(11-1)12-9-21-41(30)51-42-20-7-5-16-33(42)37-23-24-40-47-44(28-26-38-34-17-6-8-22-45(34)53-50(38)47)52(49(40)48(37)51)43-27-25-36-32-15-4-3-14-31(32)35-18-10-19-39(43)46(35)36/h1-28H. The van der Waals surface area contributed by atoms with Gasteiger partial charge in [-0.25, -0.2) is 0 Å². The molecule has 244 valence electrons. The lowest BCUT2D eigenvalue weighted by Gasteiger charge is -2.16. The van der Waals surface area contributed by atoms with Gasteiger partial charge in [0.2, 0.25) is 0 Å². The topological polar surface area (TPSA) is 23.0 Å². The number of para-hydroxylation sites is 2. The van der Waals surface area contributed by atoms with E-state index in [4.69, 9.17) is 4.42 Å². The fourth-order valence-corrected chi connectivity index (χ4v) is 9.71. The number of nitrogens with zero attached hydrogens (tertiary/aromatic N) is 2. The highest BCUT2D eigenvalue weighted by Gasteiger charge is 2.27. The average Bonchev–Trinajstić information content (AvgIpc) is 3.95. The maximum Gasteiger partial charge on any atom is 0.145 e. The zero-order valence-electron chi connectivity index (χ0n) is 28.5. The Hall–Kier alpha value is -7.10. The van der Waals surface area contributed by atoms with Crippen LogP contribution in [0.4, 0.5) is 0 Å². The molecule has 3 heterocycles. The molecule has 0 N–H and O–H groups in total. The van der Waals surface area contributed by atoms with Gasteiger partial charge in [0.25, 0.3) is 0 Å². The summed E-state index contributed by atoms with van der Waals surface area (Å²) in [7, 11) is 0. The molecule has 0 saturated heterocycles. The van der Waals surface area contributed by atoms with Gasteiger partial charge in [0.1, 0.15) is 11.2 Å². The number of hydrogen-bond donors (Lipinski definition) is 0. The van der Waals surface area contributed by atoms with Crippen molar-refractivity contribution in [1.82, 2.24) is 9.13 Å². The molecule has 3 nitrogen and oxygen atoms in total. The lowest BCUT2D eigenvalue weighted by atomic mass is 10.0. The molecule has 9 aromatic carbocycles. The quantitative estimate of drug-likeness (QED) is 0.179. The maximum atomic E-state index is 6.82. The Morgan fingerprint density at radius 3 is 1.83 bits per heavy atom. The predicted octanol–water partition coefficient (Wildman–Crippen LogP) is 13.7. The first-order valence-corrected chi connectivity index (χ1v) is 18.3. The first-order chi connectivity index (χ1) is 26.3. The van der Waals surface area contributed by atoms with E-state index in [0.29, 0.717) is 0 Å². The third-order valence-corrected chi connectivity index (χ3v) is 11.8. The predicted molar refractivity (Wildman–Crippen MR) is 222 cm³/mol. The fourth-order valence-electron chi connectivity index (χ4n) is 9.71. The molecule has 12 aromatic rings. The summed E-state index contributed by atoms with van der Waals surface area (Å²) in [6.45, 7) is 0. The lowest BCUT2D eigenvalue weighted by molar-refractivity contribution is 0.673. The molecule has 0 aliphatic heterocycles. The third kappa shape index (κ3) is 3.40. The Labute approximate surface area is 303 Å². The van der Waals surface area contributed by atoms with Gasteiger partial charge in [-0.3, -0.25) is 0 Å². The number of hydrogen-bond acceptors (Lipinski definition) is 1. The minimum absolute atomic E-state index is 0.907. The Morgan fingerprint density at radius 1 is 0.321 bits per heavy atom. The third-order valence-electron chi connectivity index (χ3n) is 11.8. The van der Waals surface area contributed by atoms with E-state index >= 15 is 0 Å². The van der Waals surface area contributed by atoms with Crippen molar-refractivity contribution in [2.45, 2.75) is 0 Å². The van der Waals surface area contributed by atoms with Gasteiger partial charge in [-0.2, -0.15) is 0 Å². The molecule has 3 heteroatoms. The fraction of sp³-hybridized carbons (Fsp3) is 0. The van der Waals surface area contributed by atoms with Gasteiger partial charge >= 0.3 is 0 Å². The second-order valence-corrected chi connectivity index (χ2v) is 14.4. The van der Waals surface area contributed by atoms with Gasteiger partial charge in [-0.1, -0.05) is 133 Å². The summed E-state index contributed by atoms with van der Waals surface area (Å²) in [5, 5.41) is 12.0. The first kappa shape index (κ1) is 27.6. The van der Waals surface area contributed by atoms with E-state index < -0.39 is 0 Å². The summed E-state index contributed by atoms with van der Waals surface area (Å²) in [6.07, 6.45) is 0. The highest BCUT2D eigenvalue weighted by atomic mass is 16.3. The van der Waals surface area contributed by atoms with Crippen LogP contribution in [0.15, 0.2) is 174 Å². The summed E-state index contributed by atoms with van der Waals surface area (Å²) < 4.78 is 11.9. The van der Waals surface area contributed by atoms with E-state index in [-0.39, 0.29) is 0 Å². The number of fused-ring (bicyclic) bond motifs is 15. The number of rotatable bonds is 2. The van der Waals surface area contributed by atoms with Crippen molar-refractivity contribution in [2.24, 2.45) is 0 Å². The Balaban J connectivity index is 1.29. The van der Waals surface area contributed by atoms with E-state index in [9.17, 15) is 0 Å². The number of benzene rings is 9. The van der Waals surface area contributed by atoms with Crippen molar-refractivity contribution in [1.29, 1.82) is 0 Å². The molecule has 0 bridgehead atoms. The van der Waals surface area contributed by atoms with Crippen molar-refractivity contribution in [2.75, 3.05) is 0 Å². The zero-order chi connectivity index (χ0) is 34.4. The smallest absolute Gasteiger partial charge is 0.145 e. The van der Waals surface area contributed by atoms with E-state index in [2.05, 4.69) is 179 Å². The molecule has 0 radical (unpaired) electrons. The van der Waals surface area contributed by atoms with Crippen LogP contribution in [0, 0.1) is 0 Å². The molecule has 0 fully saturated rings. The van der Waals surface area contributed by atoms with Crippen molar-refractivity contribution < 1.29 is 4.42 Å². The van der Waals surface area contributed by atoms with Crippen LogP contribution in [-0.2, 0) is 0 Å². The Morgan fingerprint density at radius 2 is 0.925 bits per heavy atom. The molecular weight excluding hydrogens is 645 g/mol. The minimum Gasteiger partial charge on any atom is -0.455 e. The SMILES string of the molecule is c1ccc2c(c1)-c1cccc3c(-n4c5ccc6c7ccccc7oc6c5c5ccc6c7ccccc7n(-c7cccc8ccccc78)c6c54)ccc-2c13. The highest BCUT2D eigenvalue weighted by molar-refractivity contribution is 6.30. The van der Waals surface area contributed by atoms with Gasteiger partial charge in [-0.15, -0.1) is 0 Å². The van der Waals surface area contributed by atoms with E-state index in [1.54, 1.807) is 0 Å². The summed E-state index contributed by atoms with van der Waals surface area (Å²) in [5.41, 5.74) is 14.0. The van der Waals surface area contributed by atoms with Crippen molar-refractivity contribution in [3.05, 3.63) is 170 Å². The summed E-state index contributed by atoms with van der Waals surface area (Å²) >= 11 is 0. The van der Waals surface area contributed by atoms with Crippen LogP contribution in [0.1, 0.15) is 0 Å². The largest absolute Gasteiger partial charge is 0.455 e. The molecule has 1 aliphatic rings. The summed E-state index contributed by atoms with van der Waals surface area (Å²) in [5.74, 6) is 0. The van der Waals surface area contributed by atoms with Crippen LogP contribution >= 0.6 is 0 Å². The van der Waals surface area contributed by atoms with Crippen LogP contribution in [0.2, 0.25) is 0 Å². The molecule has 3 aromatic heterocycles. The normalized spacial score (nSPS) is 12.5. The Kier molecular flexibility index (Phi) is 5.11. The van der Waals surface area contributed by atoms with Crippen LogP contribution in [-0.4, -0.2) is 9.13 Å². The zero-order valence-corrected chi connectivity index (χ0v) is 28.5. The van der Waals surface area contributed by atoms with Crippen LogP contribution in [0.25, 0.3) is 121 Å². The molecule has 1 aliphatic carbocycles. The van der Waals surface area contributed by atoms with E-state index in [1.165, 1.54) is 82.2 Å². The van der Waals surface area contributed by atoms with Crippen LogP contribution in [0.5, 0.6) is 0 Å². The van der Waals surface area contributed by atoms with Gasteiger partial charge in [0, 0.05) is 37.7 Å². The highest BCUT2D eigenvalue weighted by Crippen LogP contribution is 2.51. The molecule has 0 saturated carbocycles. The number of aromatic nitrogens is 2. The Bertz CT molecular complexity index is 3540. The van der Waals surface area contributed by atoms with E-state index in [0.717, 1.165) is 38.5 Å². The number of furan rings is 1. The van der Waals surface area contributed by atoms with Crippen molar-refractivity contribution in [3.63, 3.8) is 0 Å². The second-order valence-electron chi connectivity index (χ2n) is 14.4. The van der Waals surface area contributed by atoms with Crippen LogP contribution < -0.4 is 0 Å². The summed E-state index contributed by atoms with van der Waals surface area (Å²) in [4.78, 5) is 0. The molecule has 53 heavy (non-hydrogen) atoms. The van der Waals surface area contributed by atoms with Crippen molar-refractivity contribution in [3.8, 4) is 33.6 Å². The van der Waals surface area contributed by atoms with Gasteiger partial charge < -0.3 is 13.6 Å². The lowest BCUT2D eigenvalue weighted by Crippen LogP contribution is -2.00. The van der Waals surface area contributed by atoms with Crippen LogP contribution in [0.3, 0.4) is 0 Å². The molecule has 13 rings (SSSR count). The molecule has 0 unspecified atom stereocenters.